The van der Waals surface area contributed by atoms with Gasteiger partial charge in [-0.2, -0.15) is 0 Å². The van der Waals surface area contributed by atoms with Gasteiger partial charge in [0, 0.05) is 19.8 Å². The Labute approximate surface area is 166 Å². The third-order valence-electron chi connectivity index (χ3n) is 4.73. The van der Waals surface area contributed by atoms with E-state index in [-0.39, 0.29) is 0 Å². The molecular weight excluding hydrogens is 358 g/mol. The highest BCUT2D eigenvalue weighted by Gasteiger charge is 2.30. The summed E-state index contributed by atoms with van der Waals surface area (Å²) in [4.78, 5) is 2.58. The van der Waals surface area contributed by atoms with Gasteiger partial charge >= 0.3 is 8.56 Å². The zero-order chi connectivity index (χ0) is 19.9. The van der Waals surface area contributed by atoms with Crippen LogP contribution in [0.25, 0.3) is 0 Å². The fraction of sp³-hybridized carbons (Fsp3) is 1.00. The molecule has 26 heavy (non-hydrogen) atoms. The van der Waals surface area contributed by atoms with Crippen molar-refractivity contribution in [2.45, 2.75) is 91.5 Å². The molecule has 0 aromatic rings. The number of rotatable bonds is 18. The molecule has 0 bridgehead atoms. The monoisotopic (exact) mass is 405 g/mol. The summed E-state index contributed by atoms with van der Waals surface area (Å²) in [7, 11) is -3.44. The van der Waals surface area contributed by atoms with Crippen LogP contribution in [0, 0.1) is 0 Å². The fourth-order valence-corrected chi connectivity index (χ4v) is 7.41. The zero-order valence-corrected chi connectivity index (χ0v) is 20.9. The minimum Gasteiger partial charge on any atom is -0.417 e. The lowest BCUT2D eigenvalue weighted by molar-refractivity contribution is 0.170. The van der Waals surface area contributed by atoms with Crippen molar-refractivity contribution in [3.63, 3.8) is 0 Å². The topological polar surface area (TPSA) is 30.9 Å². The first-order chi connectivity index (χ1) is 12.3. The van der Waals surface area contributed by atoms with Gasteiger partial charge in [-0.05, 0) is 83.5 Å². The molecule has 0 saturated carbocycles. The second-order valence-corrected chi connectivity index (χ2v) is 15.7. The van der Waals surface area contributed by atoms with Crippen molar-refractivity contribution >= 4 is 16.9 Å². The Balaban J connectivity index is 4.20. The third kappa shape index (κ3) is 13.4. The van der Waals surface area contributed by atoms with Gasteiger partial charge in [0.05, 0.1) is 0 Å². The Hall–Kier alpha value is 0.274. The van der Waals surface area contributed by atoms with E-state index >= 15 is 0 Å². The van der Waals surface area contributed by atoms with Gasteiger partial charge in [-0.1, -0.05) is 27.7 Å². The van der Waals surface area contributed by atoms with Crippen LogP contribution in [0.5, 0.6) is 0 Å². The Morgan fingerprint density at radius 3 is 1.58 bits per heavy atom. The molecule has 0 saturated heterocycles. The van der Waals surface area contributed by atoms with Crippen molar-refractivity contribution in [2.24, 2.45) is 0 Å². The van der Waals surface area contributed by atoms with Gasteiger partial charge in [-0.15, -0.1) is 0 Å². The Morgan fingerprint density at radius 2 is 1.12 bits per heavy atom. The molecular formula is C20H47NO3Si2. The number of hydrogen-bond donors (Lipinski definition) is 0. The first kappa shape index (κ1) is 26.3. The maximum Gasteiger partial charge on any atom is 0.334 e. The van der Waals surface area contributed by atoms with Crippen LogP contribution in [0.2, 0.25) is 31.7 Å². The molecule has 0 amide bonds. The van der Waals surface area contributed by atoms with E-state index < -0.39 is 16.9 Å². The van der Waals surface area contributed by atoms with Gasteiger partial charge in [0.25, 0.3) is 0 Å². The molecule has 158 valence electrons. The summed E-state index contributed by atoms with van der Waals surface area (Å²) < 4.78 is 18.4. The summed E-state index contributed by atoms with van der Waals surface area (Å²) in [6.45, 7) is 21.8. The standard InChI is InChI=1S/C20H47NO3Si2/c1-8-16-22-25(5,6)19-12-14-21(11-4)15-13-20-26(7,23-17-9-2)24-18-10-3/h8-20H2,1-7H3. The molecule has 0 aliphatic heterocycles. The largest absolute Gasteiger partial charge is 0.417 e. The van der Waals surface area contributed by atoms with Gasteiger partial charge in [0.15, 0.2) is 8.32 Å². The molecule has 0 rings (SSSR count). The van der Waals surface area contributed by atoms with Crippen LogP contribution in [0.1, 0.15) is 59.8 Å². The lowest BCUT2D eigenvalue weighted by Gasteiger charge is -2.29. The van der Waals surface area contributed by atoms with Crippen LogP contribution in [0.4, 0.5) is 0 Å². The van der Waals surface area contributed by atoms with Crippen LogP contribution in [-0.2, 0) is 13.3 Å². The maximum absolute atomic E-state index is 6.15. The van der Waals surface area contributed by atoms with Crippen LogP contribution < -0.4 is 0 Å². The number of hydrogen-bond acceptors (Lipinski definition) is 4. The average molecular weight is 406 g/mol. The van der Waals surface area contributed by atoms with Gasteiger partial charge < -0.3 is 18.2 Å². The van der Waals surface area contributed by atoms with Crippen molar-refractivity contribution in [2.75, 3.05) is 39.5 Å². The summed E-state index contributed by atoms with van der Waals surface area (Å²) in [5.74, 6) is 0. The van der Waals surface area contributed by atoms with Crippen molar-refractivity contribution in [3.8, 4) is 0 Å². The quantitative estimate of drug-likeness (QED) is 0.276. The van der Waals surface area contributed by atoms with Crippen LogP contribution in [0.15, 0.2) is 0 Å². The lowest BCUT2D eigenvalue weighted by atomic mass is 10.3. The summed E-state index contributed by atoms with van der Waals surface area (Å²) in [5.41, 5.74) is 0. The summed E-state index contributed by atoms with van der Waals surface area (Å²) in [6, 6.07) is 2.36. The first-order valence-electron chi connectivity index (χ1n) is 11.0. The molecule has 4 nitrogen and oxygen atoms in total. The van der Waals surface area contributed by atoms with Gasteiger partial charge in [-0.25, -0.2) is 0 Å². The second-order valence-electron chi connectivity index (χ2n) is 8.08. The molecule has 0 atom stereocenters. The van der Waals surface area contributed by atoms with E-state index in [9.17, 15) is 0 Å². The van der Waals surface area contributed by atoms with Gasteiger partial charge in [0.2, 0.25) is 0 Å². The van der Waals surface area contributed by atoms with Gasteiger partial charge in [-0.3, -0.25) is 0 Å². The van der Waals surface area contributed by atoms with Crippen molar-refractivity contribution in [1.29, 1.82) is 0 Å². The molecule has 0 radical (unpaired) electrons. The third-order valence-corrected chi connectivity index (χ3v) is 10.2. The predicted octanol–water partition coefficient (Wildman–Crippen LogP) is 5.65. The molecule has 0 fully saturated rings. The Kier molecular flexibility index (Phi) is 15.4. The summed E-state index contributed by atoms with van der Waals surface area (Å²) in [5, 5.41) is 0. The average Bonchev–Trinajstić information content (AvgIpc) is 2.62. The smallest absolute Gasteiger partial charge is 0.334 e. The SMILES string of the molecule is CCCO[Si](C)(C)CCCN(CC)CCC[Si](C)(OCCC)OCCC. The van der Waals surface area contributed by atoms with Crippen LogP contribution in [-0.4, -0.2) is 61.2 Å². The highest BCUT2D eigenvalue weighted by Crippen LogP contribution is 2.18. The van der Waals surface area contributed by atoms with Gasteiger partial charge in [0.1, 0.15) is 0 Å². The highest BCUT2D eigenvalue weighted by atomic mass is 28.4. The molecule has 0 aliphatic rings. The van der Waals surface area contributed by atoms with Crippen molar-refractivity contribution in [1.82, 2.24) is 4.90 Å². The molecule has 0 aromatic carbocycles. The molecule has 0 unspecified atom stereocenters. The molecule has 6 heteroatoms. The van der Waals surface area contributed by atoms with E-state index in [1.54, 1.807) is 0 Å². The highest BCUT2D eigenvalue weighted by molar-refractivity contribution is 6.71. The van der Waals surface area contributed by atoms with Crippen molar-refractivity contribution in [3.05, 3.63) is 0 Å². The molecule has 0 aliphatic carbocycles. The summed E-state index contributed by atoms with van der Waals surface area (Å²) >= 11 is 0. The van der Waals surface area contributed by atoms with E-state index in [2.05, 4.69) is 52.2 Å². The Bertz CT molecular complexity index is 322. The Morgan fingerprint density at radius 1 is 0.654 bits per heavy atom. The minimum atomic E-state index is -1.99. The normalized spacial score (nSPS) is 12.9. The molecule has 0 aromatic heterocycles. The fourth-order valence-electron chi connectivity index (χ4n) is 3.05. The number of nitrogens with zero attached hydrogens (tertiary/aromatic N) is 1. The van der Waals surface area contributed by atoms with Crippen LogP contribution in [0.3, 0.4) is 0 Å². The van der Waals surface area contributed by atoms with E-state index in [0.717, 1.165) is 58.2 Å². The van der Waals surface area contributed by atoms with Crippen molar-refractivity contribution < 1.29 is 13.3 Å². The van der Waals surface area contributed by atoms with E-state index in [1.165, 1.54) is 25.4 Å². The van der Waals surface area contributed by atoms with E-state index in [4.69, 9.17) is 13.3 Å². The molecule has 0 N–H and O–H groups in total. The second kappa shape index (κ2) is 15.2. The van der Waals surface area contributed by atoms with Crippen LogP contribution >= 0.6 is 0 Å². The zero-order valence-electron chi connectivity index (χ0n) is 18.9. The summed E-state index contributed by atoms with van der Waals surface area (Å²) in [6.07, 6.45) is 5.69. The van der Waals surface area contributed by atoms with E-state index in [0.29, 0.717) is 0 Å². The lowest BCUT2D eigenvalue weighted by Crippen LogP contribution is -2.40. The predicted molar refractivity (Wildman–Crippen MR) is 119 cm³/mol. The molecule has 0 spiro atoms. The van der Waals surface area contributed by atoms with E-state index in [1.807, 2.05) is 0 Å². The maximum atomic E-state index is 6.15. The minimum absolute atomic E-state index is 0.835. The molecule has 0 heterocycles. The first-order valence-corrected chi connectivity index (χ1v) is 16.6.